The van der Waals surface area contributed by atoms with Crippen molar-refractivity contribution in [3.8, 4) is 0 Å². The van der Waals surface area contributed by atoms with Crippen molar-refractivity contribution in [2.45, 2.75) is 52.3 Å². The van der Waals surface area contributed by atoms with Gasteiger partial charge in [0, 0.05) is 25.4 Å². The highest BCUT2D eigenvalue weighted by atomic mass is 16.5. The van der Waals surface area contributed by atoms with E-state index in [1.807, 2.05) is 10.9 Å². The van der Waals surface area contributed by atoms with Crippen LogP contribution in [0.3, 0.4) is 0 Å². The molecular weight excluding hydrogens is 214 g/mol. The third-order valence-corrected chi connectivity index (χ3v) is 2.97. The molecule has 2 unspecified atom stereocenters. The molecule has 0 bridgehead atoms. The summed E-state index contributed by atoms with van der Waals surface area (Å²) >= 11 is 0. The lowest BCUT2D eigenvalue weighted by molar-refractivity contribution is 0.0655. The van der Waals surface area contributed by atoms with Crippen molar-refractivity contribution in [3.05, 3.63) is 18.0 Å². The number of ether oxygens (including phenoxy) is 1. The van der Waals surface area contributed by atoms with Crippen molar-refractivity contribution < 1.29 is 4.74 Å². The Morgan fingerprint density at radius 2 is 2.18 bits per heavy atom. The van der Waals surface area contributed by atoms with Crippen LogP contribution in [0.5, 0.6) is 0 Å². The maximum absolute atomic E-state index is 5.54. The van der Waals surface area contributed by atoms with Gasteiger partial charge in [-0.1, -0.05) is 20.8 Å². The second-order valence-corrected chi connectivity index (χ2v) is 4.25. The molecule has 0 spiro atoms. The molecule has 0 aliphatic carbocycles. The van der Waals surface area contributed by atoms with Crippen molar-refractivity contribution in [1.82, 2.24) is 15.1 Å². The number of aryl methyl sites for hydroxylation is 1. The van der Waals surface area contributed by atoms with E-state index in [9.17, 15) is 0 Å². The molecule has 2 atom stereocenters. The van der Waals surface area contributed by atoms with Crippen LogP contribution in [-0.2, 0) is 11.3 Å². The predicted octanol–water partition coefficient (Wildman–Crippen LogP) is 2.37. The molecule has 98 valence electrons. The van der Waals surface area contributed by atoms with Crippen molar-refractivity contribution >= 4 is 0 Å². The molecule has 0 aliphatic rings. The minimum Gasteiger partial charge on any atom is -0.379 e. The number of aromatic nitrogens is 2. The molecule has 0 fully saturated rings. The van der Waals surface area contributed by atoms with Crippen LogP contribution in [-0.4, -0.2) is 29.5 Å². The highest BCUT2D eigenvalue weighted by Gasteiger charge is 2.21. The predicted molar refractivity (Wildman–Crippen MR) is 70.0 cm³/mol. The highest BCUT2D eigenvalue weighted by molar-refractivity contribution is 5.12. The Balaban J connectivity index is 2.80. The van der Waals surface area contributed by atoms with Crippen molar-refractivity contribution in [3.63, 3.8) is 0 Å². The van der Waals surface area contributed by atoms with E-state index in [2.05, 4.69) is 37.4 Å². The topological polar surface area (TPSA) is 39.1 Å². The van der Waals surface area contributed by atoms with E-state index < -0.39 is 0 Å². The standard InChI is InChI=1S/C13H25N3O/c1-5-8-16-10-11(9-15-16)13(14-7-3)12(6-2)17-4/h9-10,12-14H,5-8H2,1-4H3. The van der Waals surface area contributed by atoms with Gasteiger partial charge < -0.3 is 10.1 Å². The first kappa shape index (κ1) is 14.2. The molecule has 4 nitrogen and oxygen atoms in total. The largest absolute Gasteiger partial charge is 0.379 e. The van der Waals surface area contributed by atoms with Gasteiger partial charge in [0.05, 0.1) is 18.3 Å². The van der Waals surface area contributed by atoms with E-state index >= 15 is 0 Å². The van der Waals surface area contributed by atoms with Crippen molar-refractivity contribution in [2.75, 3.05) is 13.7 Å². The van der Waals surface area contributed by atoms with Gasteiger partial charge >= 0.3 is 0 Å². The SMILES string of the molecule is CCCn1cc(C(NCC)C(CC)OC)cn1. The summed E-state index contributed by atoms with van der Waals surface area (Å²) in [4.78, 5) is 0. The van der Waals surface area contributed by atoms with E-state index in [-0.39, 0.29) is 12.1 Å². The smallest absolute Gasteiger partial charge is 0.0764 e. The normalized spacial score (nSPS) is 14.8. The van der Waals surface area contributed by atoms with Crippen molar-refractivity contribution in [2.24, 2.45) is 0 Å². The molecule has 0 amide bonds. The number of hydrogen-bond acceptors (Lipinski definition) is 3. The summed E-state index contributed by atoms with van der Waals surface area (Å²) in [6.07, 6.45) is 6.37. The maximum atomic E-state index is 5.54. The molecule has 0 saturated heterocycles. The molecule has 1 aromatic rings. The highest BCUT2D eigenvalue weighted by Crippen LogP contribution is 2.20. The molecule has 1 heterocycles. The fraction of sp³-hybridized carbons (Fsp3) is 0.769. The lowest BCUT2D eigenvalue weighted by atomic mass is 10.0. The number of nitrogens with zero attached hydrogens (tertiary/aromatic N) is 2. The second-order valence-electron chi connectivity index (χ2n) is 4.25. The van der Waals surface area contributed by atoms with Gasteiger partial charge in [-0.05, 0) is 19.4 Å². The van der Waals surface area contributed by atoms with Gasteiger partial charge in [0.1, 0.15) is 0 Å². The van der Waals surface area contributed by atoms with Gasteiger partial charge in [0.25, 0.3) is 0 Å². The van der Waals surface area contributed by atoms with Crippen LogP contribution < -0.4 is 5.32 Å². The van der Waals surface area contributed by atoms with Crippen LogP contribution in [0.2, 0.25) is 0 Å². The Hall–Kier alpha value is -0.870. The first-order chi connectivity index (χ1) is 8.26. The number of methoxy groups -OCH3 is 1. The molecule has 1 rings (SSSR count). The molecule has 0 saturated carbocycles. The van der Waals surface area contributed by atoms with Gasteiger partial charge in [-0.2, -0.15) is 5.10 Å². The average Bonchev–Trinajstić information content (AvgIpc) is 2.78. The first-order valence-corrected chi connectivity index (χ1v) is 6.55. The van der Waals surface area contributed by atoms with Crippen molar-refractivity contribution in [1.29, 1.82) is 0 Å². The number of likely N-dealkylation sites (N-methyl/N-ethyl adjacent to an activating group) is 1. The van der Waals surface area contributed by atoms with E-state index in [1.165, 1.54) is 5.56 Å². The quantitative estimate of drug-likeness (QED) is 0.757. The number of nitrogens with one attached hydrogen (secondary N) is 1. The van der Waals surface area contributed by atoms with Gasteiger partial charge in [0.15, 0.2) is 0 Å². The second kappa shape index (κ2) is 7.45. The van der Waals surface area contributed by atoms with Gasteiger partial charge in [0.2, 0.25) is 0 Å². The monoisotopic (exact) mass is 239 g/mol. The third-order valence-electron chi connectivity index (χ3n) is 2.97. The van der Waals surface area contributed by atoms with E-state index in [0.29, 0.717) is 0 Å². The Morgan fingerprint density at radius 1 is 1.41 bits per heavy atom. The molecule has 1 N–H and O–H groups in total. The summed E-state index contributed by atoms with van der Waals surface area (Å²) in [5.74, 6) is 0. The average molecular weight is 239 g/mol. The van der Waals surface area contributed by atoms with Gasteiger partial charge in [-0.25, -0.2) is 0 Å². The maximum Gasteiger partial charge on any atom is 0.0764 e. The molecule has 0 radical (unpaired) electrons. The fourth-order valence-corrected chi connectivity index (χ4v) is 2.11. The summed E-state index contributed by atoms with van der Waals surface area (Å²) < 4.78 is 7.54. The lowest BCUT2D eigenvalue weighted by Gasteiger charge is -2.24. The summed E-state index contributed by atoms with van der Waals surface area (Å²) in [7, 11) is 1.77. The minimum atomic E-state index is 0.203. The molecule has 0 aliphatic heterocycles. The summed E-state index contributed by atoms with van der Waals surface area (Å²) in [5.41, 5.74) is 1.22. The zero-order valence-corrected chi connectivity index (χ0v) is 11.4. The Bertz CT molecular complexity index is 307. The van der Waals surface area contributed by atoms with E-state index in [4.69, 9.17) is 4.74 Å². The van der Waals surface area contributed by atoms with E-state index in [0.717, 1.165) is 25.9 Å². The molecular formula is C13H25N3O. The zero-order valence-electron chi connectivity index (χ0n) is 11.4. The van der Waals surface area contributed by atoms with Gasteiger partial charge in [-0.15, -0.1) is 0 Å². The lowest BCUT2D eigenvalue weighted by Crippen LogP contribution is -2.32. The van der Waals surface area contributed by atoms with Crippen LogP contribution in [0.25, 0.3) is 0 Å². The summed E-state index contributed by atoms with van der Waals surface area (Å²) in [6, 6.07) is 0.237. The number of rotatable bonds is 8. The Kier molecular flexibility index (Phi) is 6.22. The molecule has 1 aromatic heterocycles. The molecule has 17 heavy (non-hydrogen) atoms. The third kappa shape index (κ3) is 3.82. The fourth-order valence-electron chi connectivity index (χ4n) is 2.11. The van der Waals surface area contributed by atoms with E-state index in [1.54, 1.807) is 7.11 Å². The minimum absolute atomic E-state index is 0.203. The van der Waals surface area contributed by atoms with Crippen LogP contribution in [0, 0.1) is 0 Å². The first-order valence-electron chi connectivity index (χ1n) is 6.55. The zero-order chi connectivity index (χ0) is 12.7. The van der Waals surface area contributed by atoms with Crippen LogP contribution in [0.1, 0.15) is 45.2 Å². The van der Waals surface area contributed by atoms with Crippen LogP contribution >= 0.6 is 0 Å². The molecule has 4 heteroatoms. The van der Waals surface area contributed by atoms with Crippen LogP contribution in [0.4, 0.5) is 0 Å². The summed E-state index contributed by atoms with van der Waals surface area (Å²) in [6.45, 7) is 8.33. The summed E-state index contributed by atoms with van der Waals surface area (Å²) in [5, 5.41) is 7.86. The number of hydrogen-bond donors (Lipinski definition) is 1. The Morgan fingerprint density at radius 3 is 2.71 bits per heavy atom. The Labute approximate surface area is 104 Å². The van der Waals surface area contributed by atoms with Crippen LogP contribution in [0.15, 0.2) is 12.4 Å². The van der Waals surface area contributed by atoms with Gasteiger partial charge in [-0.3, -0.25) is 4.68 Å². The molecule has 0 aromatic carbocycles.